The van der Waals surface area contributed by atoms with E-state index in [2.05, 4.69) is 14.9 Å². The quantitative estimate of drug-likeness (QED) is 0.851. The fourth-order valence-corrected chi connectivity index (χ4v) is 4.43. The van der Waals surface area contributed by atoms with Gasteiger partial charge in [0.05, 0.1) is 6.67 Å². The summed E-state index contributed by atoms with van der Waals surface area (Å²) in [6.07, 6.45) is 8.56. The molecule has 0 spiro atoms. The molecule has 2 fully saturated rings. The van der Waals surface area contributed by atoms with Crippen molar-refractivity contribution < 1.29 is 9.18 Å². The van der Waals surface area contributed by atoms with Crippen LogP contribution in [0.15, 0.2) is 6.33 Å². The minimum Gasteiger partial charge on any atom is -0.356 e. The first-order chi connectivity index (χ1) is 11.8. The second-order valence-corrected chi connectivity index (χ2v) is 7.32. The Kier molecular flexibility index (Phi) is 4.37. The number of anilines is 1. The number of amides is 1. The van der Waals surface area contributed by atoms with Crippen molar-refractivity contribution in [2.75, 3.05) is 31.2 Å². The minimum atomic E-state index is -0.381. The summed E-state index contributed by atoms with van der Waals surface area (Å²) in [4.78, 5) is 25.4. The van der Waals surface area contributed by atoms with Crippen LogP contribution in [0.2, 0.25) is 0 Å². The molecule has 3 heterocycles. The number of likely N-dealkylation sites (tertiary alicyclic amines) is 1. The van der Waals surface area contributed by atoms with E-state index in [1.54, 1.807) is 6.33 Å². The van der Waals surface area contributed by atoms with Gasteiger partial charge in [0, 0.05) is 49.3 Å². The molecule has 0 bridgehead atoms. The molecule has 0 saturated carbocycles. The summed E-state index contributed by atoms with van der Waals surface area (Å²) in [5.74, 6) is 1.15. The largest absolute Gasteiger partial charge is 0.356 e. The fraction of sp³-hybridized carbons (Fsp3) is 0.722. The number of piperidine rings is 1. The summed E-state index contributed by atoms with van der Waals surface area (Å²) < 4.78 is 12.9. The van der Waals surface area contributed by atoms with Crippen LogP contribution in [-0.4, -0.2) is 53.1 Å². The van der Waals surface area contributed by atoms with Crippen LogP contribution in [-0.2, 0) is 17.6 Å². The van der Waals surface area contributed by atoms with Crippen molar-refractivity contribution in [1.29, 1.82) is 0 Å². The van der Waals surface area contributed by atoms with Gasteiger partial charge in [-0.25, -0.2) is 9.97 Å². The third-order valence-electron chi connectivity index (χ3n) is 5.76. The molecule has 4 rings (SSSR count). The summed E-state index contributed by atoms with van der Waals surface area (Å²) in [6, 6.07) is 0.267. The van der Waals surface area contributed by atoms with Crippen molar-refractivity contribution in [1.82, 2.24) is 14.9 Å². The lowest BCUT2D eigenvalue weighted by atomic mass is 9.95. The van der Waals surface area contributed by atoms with Gasteiger partial charge in [-0.3, -0.25) is 9.18 Å². The maximum Gasteiger partial charge on any atom is 0.223 e. The summed E-state index contributed by atoms with van der Waals surface area (Å²) >= 11 is 0. The molecule has 1 aromatic rings. The van der Waals surface area contributed by atoms with Crippen molar-refractivity contribution in [3.63, 3.8) is 0 Å². The molecule has 2 aliphatic heterocycles. The Balaban J connectivity index is 1.43. The van der Waals surface area contributed by atoms with E-state index < -0.39 is 0 Å². The van der Waals surface area contributed by atoms with Gasteiger partial charge in [-0.15, -0.1) is 0 Å². The standard InChI is InChI=1S/C18H25FN4O/c19-10-13-9-17(24)23(11-13)14-5-7-22(8-6-14)18-15-3-1-2-4-16(15)20-12-21-18/h12-14H,1-11H2. The summed E-state index contributed by atoms with van der Waals surface area (Å²) in [5.41, 5.74) is 2.55. The van der Waals surface area contributed by atoms with Crippen molar-refractivity contribution in [2.45, 2.75) is 51.0 Å². The smallest absolute Gasteiger partial charge is 0.223 e. The highest BCUT2D eigenvalue weighted by Crippen LogP contribution is 2.31. The van der Waals surface area contributed by atoms with Crippen molar-refractivity contribution >= 4 is 11.7 Å². The van der Waals surface area contributed by atoms with E-state index in [0.29, 0.717) is 13.0 Å². The normalized spacial score (nSPS) is 25.2. The van der Waals surface area contributed by atoms with Crippen LogP contribution in [0.4, 0.5) is 10.2 Å². The molecule has 1 aromatic heterocycles. The number of fused-ring (bicyclic) bond motifs is 1. The van der Waals surface area contributed by atoms with E-state index >= 15 is 0 Å². The molecule has 1 unspecified atom stereocenters. The van der Waals surface area contributed by atoms with Crippen molar-refractivity contribution in [3.05, 3.63) is 17.6 Å². The highest BCUT2D eigenvalue weighted by Gasteiger charge is 2.36. The van der Waals surface area contributed by atoms with Gasteiger partial charge in [0.25, 0.3) is 0 Å². The van der Waals surface area contributed by atoms with Crippen LogP contribution < -0.4 is 4.90 Å². The van der Waals surface area contributed by atoms with Crippen molar-refractivity contribution in [3.8, 4) is 0 Å². The average molecular weight is 332 g/mol. The number of halogens is 1. The molecule has 1 atom stereocenters. The number of hydrogen-bond acceptors (Lipinski definition) is 4. The van der Waals surface area contributed by atoms with E-state index in [0.717, 1.165) is 44.6 Å². The number of carbonyl (C=O) groups excluding carboxylic acids is 1. The van der Waals surface area contributed by atoms with Crippen LogP contribution >= 0.6 is 0 Å². The predicted molar refractivity (Wildman–Crippen MR) is 89.7 cm³/mol. The molecular weight excluding hydrogens is 307 g/mol. The molecule has 5 nitrogen and oxygen atoms in total. The summed E-state index contributed by atoms with van der Waals surface area (Å²) in [6.45, 7) is 2.05. The average Bonchev–Trinajstić information content (AvgIpc) is 3.02. The van der Waals surface area contributed by atoms with Gasteiger partial charge in [0.15, 0.2) is 0 Å². The number of alkyl halides is 1. The molecule has 0 N–H and O–H groups in total. The Morgan fingerprint density at radius 1 is 1.17 bits per heavy atom. The zero-order valence-corrected chi connectivity index (χ0v) is 14.1. The Morgan fingerprint density at radius 2 is 1.96 bits per heavy atom. The Morgan fingerprint density at radius 3 is 2.71 bits per heavy atom. The van der Waals surface area contributed by atoms with Crippen LogP contribution in [0.3, 0.4) is 0 Å². The Bertz CT molecular complexity index is 615. The van der Waals surface area contributed by atoms with Crippen LogP contribution in [0.1, 0.15) is 43.4 Å². The molecule has 1 amide bonds. The molecular formula is C18H25FN4O. The molecule has 3 aliphatic rings. The number of hydrogen-bond donors (Lipinski definition) is 0. The number of aryl methyl sites for hydroxylation is 1. The Labute approximate surface area is 142 Å². The molecule has 0 radical (unpaired) electrons. The van der Waals surface area contributed by atoms with E-state index in [1.807, 2.05) is 4.90 Å². The molecule has 0 aromatic carbocycles. The molecule has 130 valence electrons. The van der Waals surface area contributed by atoms with E-state index in [1.165, 1.54) is 24.1 Å². The highest BCUT2D eigenvalue weighted by molar-refractivity contribution is 5.79. The zero-order valence-electron chi connectivity index (χ0n) is 14.1. The van der Waals surface area contributed by atoms with E-state index in [9.17, 15) is 9.18 Å². The third kappa shape index (κ3) is 2.87. The van der Waals surface area contributed by atoms with Crippen LogP contribution in [0, 0.1) is 5.92 Å². The first-order valence-electron chi connectivity index (χ1n) is 9.19. The molecule has 6 heteroatoms. The van der Waals surface area contributed by atoms with Gasteiger partial charge >= 0.3 is 0 Å². The second kappa shape index (κ2) is 6.65. The number of carbonyl (C=O) groups is 1. The molecule has 24 heavy (non-hydrogen) atoms. The topological polar surface area (TPSA) is 49.3 Å². The zero-order chi connectivity index (χ0) is 16.5. The highest BCUT2D eigenvalue weighted by atomic mass is 19.1. The van der Waals surface area contributed by atoms with Gasteiger partial charge in [-0.2, -0.15) is 0 Å². The van der Waals surface area contributed by atoms with Gasteiger partial charge in [0.2, 0.25) is 5.91 Å². The molecule has 2 saturated heterocycles. The number of rotatable bonds is 3. The van der Waals surface area contributed by atoms with Gasteiger partial charge < -0.3 is 9.80 Å². The first-order valence-corrected chi connectivity index (χ1v) is 9.19. The third-order valence-corrected chi connectivity index (χ3v) is 5.76. The van der Waals surface area contributed by atoms with Crippen LogP contribution in [0.5, 0.6) is 0 Å². The van der Waals surface area contributed by atoms with Crippen LogP contribution in [0.25, 0.3) is 0 Å². The van der Waals surface area contributed by atoms with E-state index in [-0.39, 0.29) is 24.5 Å². The van der Waals surface area contributed by atoms with Gasteiger partial charge in [0.1, 0.15) is 12.1 Å². The minimum absolute atomic E-state index is 0.0931. The second-order valence-electron chi connectivity index (χ2n) is 7.32. The lowest BCUT2D eigenvalue weighted by molar-refractivity contribution is -0.130. The maximum atomic E-state index is 12.9. The summed E-state index contributed by atoms with van der Waals surface area (Å²) in [5, 5.41) is 0. The predicted octanol–water partition coefficient (Wildman–Crippen LogP) is 2.14. The lowest BCUT2D eigenvalue weighted by Crippen LogP contribution is -2.46. The van der Waals surface area contributed by atoms with Gasteiger partial charge in [-0.05, 0) is 38.5 Å². The van der Waals surface area contributed by atoms with Crippen molar-refractivity contribution in [2.24, 2.45) is 5.92 Å². The summed E-state index contributed by atoms with van der Waals surface area (Å²) in [7, 11) is 0. The van der Waals surface area contributed by atoms with Gasteiger partial charge in [-0.1, -0.05) is 0 Å². The van der Waals surface area contributed by atoms with E-state index in [4.69, 9.17) is 0 Å². The fourth-order valence-electron chi connectivity index (χ4n) is 4.43. The molecule has 1 aliphatic carbocycles. The maximum absolute atomic E-state index is 12.9. The number of nitrogens with zero attached hydrogens (tertiary/aromatic N) is 4. The lowest BCUT2D eigenvalue weighted by Gasteiger charge is -2.38. The monoisotopic (exact) mass is 332 g/mol. The Hall–Kier alpha value is -1.72. The SMILES string of the molecule is O=C1CC(CF)CN1C1CCN(c2ncnc3c2CCCC3)CC1. The number of aromatic nitrogens is 2. The first kappa shape index (κ1) is 15.8.